The van der Waals surface area contributed by atoms with Gasteiger partial charge in [0.25, 0.3) is 0 Å². The van der Waals surface area contributed by atoms with Crippen molar-refractivity contribution in [1.29, 1.82) is 5.26 Å². The summed E-state index contributed by atoms with van der Waals surface area (Å²) in [6, 6.07) is 2.15. The standard InChI is InChI=1S/C16H22F3N3S/c17-16(18,19)12-1-2-14-13(8-12)22-15(23-14)11(9-20)7-10-3-5-21-6-4-10/h7,10,12-15,21-22H,1-6,8H2/b11-7+. The Labute approximate surface area is 139 Å². The first-order valence-corrected chi connectivity index (χ1v) is 9.22. The van der Waals surface area contributed by atoms with E-state index in [0.717, 1.165) is 25.9 Å². The highest BCUT2D eigenvalue weighted by Gasteiger charge is 2.48. The van der Waals surface area contributed by atoms with Crippen LogP contribution in [0.5, 0.6) is 0 Å². The lowest BCUT2D eigenvalue weighted by atomic mass is 9.85. The third-order valence-electron chi connectivity index (χ3n) is 5.14. The molecular weight excluding hydrogens is 323 g/mol. The molecule has 0 amide bonds. The predicted molar refractivity (Wildman–Crippen MR) is 84.8 cm³/mol. The van der Waals surface area contributed by atoms with Gasteiger partial charge in [-0.2, -0.15) is 18.4 Å². The Morgan fingerprint density at radius 2 is 1.91 bits per heavy atom. The second-order valence-corrected chi connectivity index (χ2v) is 8.05. The Balaban J connectivity index is 1.64. The molecule has 0 bridgehead atoms. The van der Waals surface area contributed by atoms with Gasteiger partial charge < -0.3 is 5.32 Å². The molecule has 23 heavy (non-hydrogen) atoms. The molecule has 0 aromatic heterocycles. The number of rotatable bonds is 2. The summed E-state index contributed by atoms with van der Waals surface area (Å²) in [5.74, 6) is -0.798. The monoisotopic (exact) mass is 345 g/mol. The van der Waals surface area contributed by atoms with E-state index in [1.54, 1.807) is 11.8 Å². The van der Waals surface area contributed by atoms with Crippen LogP contribution in [0.15, 0.2) is 11.6 Å². The predicted octanol–water partition coefficient (Wildman–Crippen LogP) is 3.20. The zero-order valence-electron chi connectivity index (χ0n) is 12.9. The second-order valence-electron chi connectivity index (χ2n) is 6.70. The summed E-state index contributed by atoms with van der Waals surface area (Å²) in [7, 11) is 0. The smallest absolute Gasteiger partial charge is 0.317 e. The van der Waals surface area contributed by atoms with E-state index in [9.17, 15) is 18.4 Å². The number of piperidine rings is 1. The lowest BCUT2D eigenvalue weighted by Gasteiger charge is -2.31. The van der Waals surface area contributed by atoms with Crippen LogP contribution in [-0.2, 0) is 0 Å². The van der Waals surface area contributed by atoms with E-state index in [4.69, 9.17) is 0 Å². The minimum absolute atomic E-state index is 0.129. The Hall–Kier alpha value is -0.710. The summed E-state index contributed by atoms with van der Waals surface area (Å²) >= 11 is 1.64. The van der Waals surface area contributed by atoms with E-state index in [2.05, 4.69) is 16.7 Å². The fourth-order valence-corrected chi connectivity index (χ4v) is 5.33. The zero-order chi connectivity index (χ0) is 16.4. The SMILES string of the molecule is N#C/C(=C\C1CCNCC1)C1NC2CC(C(F)(F)F)CCC2S1. The zero-order valence-corrected chi connectivity index (χ0v) is 13.7. The summed E-state index contributed by atoms with van der Waals surface area (Å²) in [4.78, 5) is 0. The Kier molecular flexibility index (Phi) is 5.24. The summed E-state index contributed by atoms with van der Waals surface area (Å²) in [6.07, 6.45) is 0.921. The van der Waals surface area contributed by atoms with Gasteiger partial charge in [-0.3, -0.25) is 5.32 Å². The van der Waals surface area contributed by atoms with E-state index in [1.165, 1.54) is 0 Å². The maximum atomic E-state index is 12.9. The van der Waals surface area contributed by atoms with Gasteiger partial charge in [0.15, 0.2) is 0 Å². The number of hydrogen-bond acceptors (Lipinski definition) is 4. The van der Waals surface area contributed by atoms with Gasteiger partial charge in [0.2, 0.25) is 0 Å². The molecule has 0 radical (unpaired) electrons. The lowest BCUT2D eigenvalue weighted by Crippen LogP contribution is -2.42. The lowest BCUT2D eigenvalue weighted by molar-refractivity contribution is -0.183. The first-order valence-electron chi connectivity index (χ1n) is 8.28. The van der Waals surface area contributed by atoms with Crippen LogP contribution < -0.4 is 10.6 Å². The van der Waals surface area contributed by atoms with Crippen LogP contribution in [0.3, 0.4) is 0 Å². The molecule has 4 atom stereocenters. The quantitative estimate of drug-likeness (QED) is 0.755. The molecule has 3 fully saturated rings. The Morgan fingerprint density at radius 1 is 1.17 bits per heavy atom. The highest BCUT2D eigenvalue weighted by atomic mass is 32.2. The molecule has 4 unspecified atom stereocenters. The summed E-state index contributed by atoms with van der Waals surface area (Å²) < 4.78 is 38.8. The van der Waals surface area contributed by atoms with Crippen LogP contribution in [0.2, 0.25) is 0 Å². The van der Waals surface area contributed by atoms with Crippen molar-refractivity contribution in [2.24, 2.45) is 11.8 Å². The number of nitriles is 1. The van der Waals surface area contributed by atoms with Gasteiger partial charge in [0.1, 0.15) is 0 Å². The third kappa shape index (κ3) is 4.04. The second kappa shape index (κ2) is 7.04. The van der Waals surface area contributed by atoms with Gasteiger partial charge in [0.05, 0.1) is 22.9 Å². The van der Waals surface area contributed by atoms with Crippen LogP contribution >= 0.6 is 11.8 Å². The molecule has 1 saturated carbocycles. The third-order valence-corrected chi connectivity index (χ3v) is 6.71. The Bertz CT molecular complexity index is 494. The molecule has 128 valence electrons. The molecule has 3 rings (SSSR count). The van der Waals surface area contributed by atoms with Gasteiger partial charge in [-0.05, 0) is 51.1 Å². The molecule has 0 aromatic carbocycles. The van der Waals surface area contributed by atoms with E-state index < -0.39 is 12.1 Å². The molecule has 0 aromatic rings. The van der Waals surface area contributed by atoms with Crippen LogP contribution in [0, 0.1) is 23.2 Å². The number of nitrogens with zero attached hydrogens (tertiary/aromatic N) is 1. The number of fused-ring (bicyclic) bond motifs is 1. The average molecular weight is 345 g/mol. The molecule has 3 nitrogen and oxygen atoms in total. The van der Waals surface area contributed by atoms with Crippen molar-refractivity contribution in [1.82, 2.24) is 10.6 Å². The van der Waals surface area contributed by atoms with Crippen molar-refractivity contribution < 1.29 is 13.2 Å². The number of halogens is 3. The topological polar surface area (TPSA) is 47.9 Å². The van der Waals surface area contributed by atoms with Gasteiger partial charge >= 0.3 is 6.18 Å². The number of alkyl halides is 3. The minimum atomic E-state index is -4.10. The summed E-state index contributed by atoms with van der Waals surface area (Å²) in [5.41, 5.74) is 0.694. The molecule has 0 spiro atoms. The van der Waals surface area contributed by atoms with Gasteiger partial charge in [-0.25, -0.2) is 0 Å². The van der Waals surface area contributed by atoms with Crippen LogP contribution in [-0.4, -0.2) is 35.9 Å². The van der Waals surface area contributed by atoms with E-state index in [-0.39, 0.29) is 29.5 Å². The van der Waals surface area contributed by atoms with Crippen molar-refractivity contribution in [3.05, 3.63) is 11.6 Å². The van der Waals surface area contributed by atoms with Crippen molar-refractivity contribution >= 4 is 11.8 Å². The van der Waals surface area contributed by atoms with Gasteiger partial charge in [-0.15, -0.1) is 11.8 Å². The largest absolute Gasteiger partial charge is 0.391 e. The normalized spacial score (nSPS) is 36.5. The highest BCUT2D eigenvalue weighted by molar-refractivity contribution is 8.01. The first-order chi connectivity index (χ1) is 11.0. The molecule has 2 heterocycles. The molecule has 2 aliphatic heterocycles. The Morgan fingerprint density at radius 3 is 2.57 bits per heavy atom. The van der Waals surface area contributed by atoms with Crippen molar-refractivity contribution in [3.63, 3.8) is 0 Å². The molecule has 2 N–H and O–H groups in total. The van der Waals surface area contributed by atoms with Crippen LogP contribution in [0.25, 0.3) is 0 Å². The summed E-state index contributed by atoms with van der Waals surface area (Å²) in [6.45, 7) is 1.92. The van der Waals surface area contributed by atoms with E-state index >= 15 is 0 Å². The molecule has 3 aliphatic rings. The first kappa shape index (κ1) is 17.1. The van der Waals surface area contributed by atoms with E-state index in [1.807, 2.05) is 6.08 Å². The van der Waals surface area contributed by atoms with Crippen molar-refractivity contribution in [2.45, 2.75) is 54.9 Å². The molecule has 2 saturated heterocycles. The molecule has 1 aliphatic carbocycles. The van der Waals surface area contributed by atoms with E-state index in [0.29, 0.717) is 17.9 Å². The molecular formula is C16H22F3N3S. The fourth-order valence-electron chi connectivity index (χ4n) is 3.80. The number of allylic oxidation sites excluding steroid dienone is 1. The maximum absolute atomic E-state index is 12.9. The van der Waals surface area contributed by atoms with Crippen molar-refractivity contribution in [3.8, 4) is 6.07 Å². The number of nitrogens with one attached hydrogen (secondary N) is 2. The minimum Gasteiger partial charge on any atom is -0.317 e. The average Bonchev–Trinajstić information content (AvgIpc) is 2.95. The van der Waals surface area contributed by atoms with Crippen molar-refractivity contribution in [2.75, 3.05) is 13.1 Å². The maximum Gasteiger partial charge on any atom is 0.391 e. The van der Waals surface area contributed by atoms with Crippen LogP contribution in [0.1, 0.15) is 32.1 Å². The summed E-state index contributed by atoms with van der Waals surface area (Å²) in [5, 5.41) is 16.1. The number of hydrogen-bond donors (Lipinski definition) is 2. The van der Waals surface area contributed by atoms with Crippen LogP contribution in [0.4, 0.5) is 13.2 Å². The highest BCUT2D eigenvalue weighted by Crippen LogP contribution is 2.45. The van der Waals surface area contributed by atoms with Gasteiger partial charge in [0, 0.05) is 11.3 Å². The number of thioether (sulfide) groups is 1. The van der Waals surface area contributed by atoms with Gasteiger partial charge in [-0.1, -0.05) is 6.08 Å². The molecule has 7 heteroatoms. The fraction of sp³-hybridized carbons (Fsp3) is 0.812.